The quantitative estimate of drug-likeness (QED) is 0.392. The summed E-state index contributed by atoms with van der Waals surface area (Å²) in [6.45, 7) is 2.79. The first kappa shape index (κ1) is 17.2. The largest absolute Gasteiger partial charge is 0.490 e. The molecule has 124 valence electrons. The predicted octanol–water partition coefficient (Wildman–Crippen LogP) is 4.35. The fraction of sp³-hybridized carbons (Fsp3) is 0.368. The summed E-state index contributed by atoms with van der Waals surface area (Å²) < 4.78 is 11.2. The van der Waals surface area contributed by atoms with Crippen molar-refractivity contribution in [3.63, 3.8) is 0 Å². The van der Waals surface area contributed by atoms with Crippen LogP contribution in [-0.2, 0) is 11.3 Å². The summed E-state index contributed by atoms with van der Waals surface area (Å²) in [5.74, 6) is 1.72. The van der Waals surface area contributed by atoms with Crippen LogP contribution in [0.15, 0.2) is 42.5 Å². The molecule has 0 saturated heterocycles. The summed E-state index contributed by atoms with van der Waals surface area (Å²) in [7, 11) is 3.04. The highest BCUT2D eigenvalue weighted by Gasteiger charge is 2.12. The minimum atomic E-state index is 0.507. The van der Waals surface area contributed by atoms with Gasteiger partial charge < -0.3 is 14.4 Å². The van der Waals surface area contributed by atoms with E-state index in [1.807, 2.05) is 12.1 Å². The van der Waals surface area contributed by atoms with Crippen molar-refractivity contribution in [1.82, 2.24) is 0 Å². The number of para-hydroxylation sites is 1. The van der Waals surface area contributed by atoms with Gasteiger partial charge in [-0.15, -0.1) is 0 Å². The highest BCUT2D eigenvalue weighted by Crippen LogP contribution is 2.37. The Balaban J connectivity index is 1.82. The lowest BCUT2D eigenvalue weighted by atomic mass is 10.0. The van der Waals surface area contributed by atoms with E-state index in [9.17, 15) is 0 Å². The first-order valence-corrected chi connectivity index (χ1v) is 7.81. The third-order valence-electron chi connectivity index (χ3n) is 3.68. The van der Waals surface area contributed by atoms with E-state index < -0.39 is 0 Å². The van der Waals surface area contributed by atoms with Gasteiger partial charge in [-0.1, -0.05) is 30.3 Å². The molecule has 2 aromatic rings. The van der Waals surface area contributed by atoms with E-state index in [4.69, 9.17) is 19.2 Å². The smallest absolute Gasteiger partial charge is 0.211 e. The Morgan fingerprint density at radius 1 is 0.870 bits per heavy atom. The molecule has 0 aliphatic carbocycles. The number of ether oxygens (including phenoxy) is 2. The van der Waals surface area contributed by atoms with Crippen molar-refractivity contribution < 1.29 is 19.2 Å². The molecule has 0 bridgehead atoms. The standard InChI is InChI=1S/C19H24O4/c1-15-9-4-5-10-16(15)11-6-7-14-22-17-12-8-13-18(23-21-3)19(17)20-2/h4-5,8-10,12-13H,6-7,11,14H2,1-3H3. The zero-order chi connectivity index (χ0) is 16.5. The third-order valence-corrected chi connectivity index (χ3v) is 3.68. The van der Waals surface area contributed by atoms with Crippen molar-refractivity contribution in [2.24, 2.45) is 0 Å². The molecule has 2 rings (SSSR count). The second-order valence-electron chi connectivity index (χ2n) is 5.27. The molecule has 4 nitrogen and oxygen atoms in total. The number of aryl methyl sites for hydroxylation is 2. The SMILES string of the molecule is COOc1cccc(OCCCCc2ccccc2C)c1OC. The van der Waals surface area contributed by atoms with Gasteiger partial charge in [0.25, 0.3) is 0 Å². The summed E-state index contributed by atoms with van der Waals surface area (Å²) in [6.07, 6.45) is 3.13. The Morgan fingerprint density at radius 2 is 1.65 bits per heavy atom. The van der Waals surface area contributed by atoms with Crippen LogP contribution in [0.5, 0.6) is 17.2 Å². The van der Waals surface area contributed by atoms with Crippen molar-refractivity contribution >= 4 is 0 Å². The molecule has 0 N–H and O–H groups in total. The van der Waals surface area contributed by atoms with Crippen LogP contribution < -0.4 is 14.4 Å². The summed E-state index contributed by atoms with van der Waals surface area (Å²) in [4.78, 5) is 9.76. The number of hydrogen-bond donors (Lipinski definition) is 0. The first-order valence-electron chi connectivity index (χ1n) is 7.81. The molecule has 0 aliphatic rings. The Hall–Kier alpha value is -2.20. The van der Waals surface area contributed by atoms with Crippen molar-refractivity contribution in [3.05, 3.63) is 53.6 Å². The second kappa shape index (κ2) is 9.06. The van der Waals surface area contributed by atoms with E-state index in [0.29, 0.717) is 23.9 Å². The number of hydrogen-bond acceptors (Lipinski definition) is 4. The average Bonchev–Trinajstić information content (AvgIpc) is 2.56. The van der Waals surface area contributed by atoms with Gasteiger partial charge in [-0.25, -0.2) is 0 Å². The zero-order valence-electron chi connectivity index (χ0n) is 14.0. The van der Waals surface area contributed by atoms with Gasteiger partial charge in [0.1, 0.15) is 0 Å². The lowest BCUT2D eigenvalue weighted by Crippen LogP contribution is -2.02. The van der Waals surface area contributed by atoms with E-state index in [1.54, 1.807) is 13.2 Å². The highest BCUT2D eigenvalue weighted by molar-refractivity contribution is 5.50. The maximum atomic E-state index is 5.82. The van der Waals surface area contributed by atoms with E-state index in [-0.39, 0.29) is 0 Å². The minimum absolute atomic E-state index is 0.507. The van der Waals surface area contributed by atoms with Crippen molar-refractivity contribution in [1.29, 1.82) is 0 Å². The summed E-state index contributed by atoms with van der Waals surface area (Å²) in [6, 6.07) is 14.0. The van der Waals surface area contributed by atoms with Crippen LogP contribution in [0, 0.1) is 6.92 Å². The van der Waals surface area contributed by atoms with Gasteiger partial charge in [0.15, 0.2) is 5.75 Å². The molecule has 4 heteroatoms. The lowest BCUT2D eigenvalue weighted by Gasteiger charge is -2.13. The number of unbranched alkanes of at least 4 members (excludes halogenated alkanes) is 1. The van der Waals surface area contributed by atoms with Gasteiger partial charge in [-0.05, 0) is 49.4 Å². The van der Waals surface area contributed by atoms with Gasteiger partial charge in [0.2, 0.25) is 11.5 Å². The first-order chi connectivity index (χ1) is 11.3. The monoisotopic (exact) mass is 316 g/mol. The Kier molecular flexibility index (Phi) is 6.76. The van der Waals surface area contributed by atoms with Gasteiger partial charge in [0.05, 0.1) is 20.8 Å². The molecule has 0 spiro atoms. The lowest BCUT2D eigenvalue weighted by molar-refractivity contribution is -0.179. The van der Waals surface area contributed by atoms with E-state index >= 15 is 0 Å². The predicted molar refractivity (Wildman–Crippen MR) is 90.2 cm³/mol. The van der Waals surface area contributed by atoms with Gasteiger partial charge in [-0.2, -0.15) is 4.89 Å². The fourth-order valence-electron chi connectivity index (χ4n) is 2.46. The molecule has 2 aromatic carbocycles. The molecule has 0 radical (unpaired) electrons. The van der Waals surface area contributed by atoms with E-state index in [1.165, 1.54) is 18.2 Å². The average molecular weight is 316 g/mol. The fourth-order valence-corrected chi connectivity index (χ4v) is 2.46. The van der Waals surface area contributed by atoms with Gasteiger partial charge in [0, 0.05) is 0 Å². The molecule has 0 amide bonds. The van der Waals surface area contributed by atoms with Crippen molar-refractivity contribution in [3.8, 4) is 17.2 Å². The summed E-state index contributed by atoms with van der Waals surface area (Å²) in [5.41, 5.74) is 2.75. The molecular formula is C19H24O4. The molecular weight excluding hydrogens is 292 g/mol. The molecule has 23 heavy (non-hydrogen) atoms. The summed E-state index contributed by atoms with van der Waals surface area (Å²) >= 11 is 0. The number of rotatable bonds is 9. The van der Waals surface area contributed by atoms with Crippen molar-refractivity contribution in [2.45, 2.75) is 26.2 Å². The molecule has 0 aromatic heterocycles. The zero-order valence-corrected chi connectivity index (χ0v) is 14.0. The van der Waals surface area contributed by atoms with Crippen LogP contribution in [-0.4, -0.2) is 20.8 Å². The van der Waals surface area contributed by atoms with Crippen LogP contribution in [0.25, 0.3) is 0 Å². The van der Waals surface area contributed by atoms with E-state index in [0.717, 1.165) is 19.3 Å². The van der Waals surface area contributed by atoms with E-state index in [2.05, 4.69) is 31.2 Å². The Labute approximate surface area is 137 Å². The van der Waals surface area contributed by atoms with Crippen LogP contribution >= 0.6 is 0 Å². The molecule has 0 unspecified atom stereocenters. The number of benzene rings is 2. The molecule has 0 fully saturated rings. The molecule has 0 aliphatic heterocycles. The molecule has 0 saturated carbocycles. The highest BCUT2D eigenvalue weighted by atomic mass is 17.2. The maximum Gasteiger partial charge on any atom is 0.211 e. The molecule has 0 atom stereocenters. The second-order valence-corrected chi connectivity index (χ2v) is 5.27. The normalized spacial score (nSPS) is 10.4. The molecule has 0 heterocycles. The Bertz CT molecular complexity index is 610. The van der Waals surface area contributed by atoms with Gasteiger partial charge >= 0.3 is 0 Å². The van der Waals surface area contributed by atoms with Crippen molar-refractivity contribution in [2.75, 3.05) is 20.8 Å². The third kappa shape index (κ3) is 4.89. The topological polar surface area (TPSA) is 36.9 Å². The van der Waals surface area contributed by atoms with Crippen LogP contribution in [0.3, 0.4) is 0 Å². The van der Waals surface area contributed by atoms with Crippen LogP contribution in [0.2, 0.25) is 0 Å². The summed E-state index contributed by atoms with van der Waals surface area (Å²) in [5, 5.41) is 0. The Morgan fingerprint density at radius 3 is 2.39 bits per heavy atom. The maximum absolute atomic E-state index is 5.82. The van der Waals surface area contributed by atoms with Crippen LogP contribution in [0.4, 0.5) is 0 Å². The number of methoxy groups -OCH3 is 1. The van der Waals surface area contributed by atoms with Crippen LogP contribution in [0.1, 0.15) is 24.0 Å². The minimum Gasteiger partial charge on any atom is -0.490 e. The van der Waals surface area contributed by atoms with Gasteiger partial charge in [-0.3, -0.25) is 0 Å².